The molecule has 8 atom stereocenters. The maximum absolute atomic E-state index is 12.6. The van der Waals surface area contributed by atoms with E-state index in [4.69, 9.17) is 18.9 Å². The van der Waals surface area contributed by atoms with Gasteiger partial charge < -0.3 is 29.2 Å². The number of aliphatic hydroxyl groups is 2. The van der Waals surface area contributed by atoms with E-state index in [1.54, 1.807) is 12.2 Å². The number of fused-ring (bicyclic) bond motifs is 3. The summed E-state index contributed by atoms with van der Waals surface area (Å²) in [5.74, 6) is -0.524. The van der Waals surface area contributed by atoms with Crippen LogP contribution in [0, 0.1) is 0 Å². The van der Waals surface area contributed by atoms with E-state index in [-0.39, 0.29) is 30.5 Å². The van der Waals surface area contributed by atoms with Crippen molar-refractivity contribution in [3.8, 4) is 0 Å². The molecule has 36 heavy (non-hydrogen) atoms. The van der Waals surface area contributed by atoms with Crippen molar-refractivity contribution in [1.29, 1.82) is 0 Å². The van der Waals surface area contributed by atoms with Crippen molar-refractivity contribution in [3.63, 3.8) is 0 Å². The van der Waals surface area contributed by atoms with Gasteiger partial charge >= 0.3 is 5.97 Å². The quantitative estimate of drug-likeness (QED) is 0.345. The van der Waals surface area contributed by atoms with Crippen LogP contribution < -0.4 is 0 Å². The number of hydrogen-bond acceptors (Lipinski definition) is 7. The van der Waals surface area contributed by atoms with Crippen LogP contribution in [0.15, 0.2) is 60.3 Å². The smallest absolute Gasteiger partial charge is 0.330 e. The lowest BCUT2D eigenvalue weighted by Gasteiger charge is -2.25. The monoisotopic (exact) mass is 500 g/mol. The molecule has 0 aromatic rings. The fourth-order valence-electron chi connectivity index (χ4n) is 5.06. The van der Waals surface area contributed by atoms with Gasteiger partial charge in [0.1, 0.15) is 18.3 Å². The zero-order valence-electron chi connectivity index (χ0n) is 21.2. The van der Waals surface area contributed by atoms with Crippen LogP contribution in [-0.4, -0.2) is 71.6 Å². The number of esters is 1. The molecular formula is C29H40O7. The van der Waals surface area contributed by atoms with Crippen molar-refractivity contribution in [3.05, 3.63) is 60.3 Å². The summed E-state index contributed by atoms with van der Waals surface area (Å²) < 4.78 is 23.2. The Morgan fingerprint density at radius 2 is 2.06 bits per heavy atom. The van der Waals surface area contributed by atoms with Crippen LogP contribution >= 0.6 is 0 Å². The Labute approximate surface area is 214 Å². The Balaban J connectivity index is 1.43. The van der Waals surface area contributed by atoms with Gasteiger partial charge in [-0.2, -0.15) is 0 Å². The first-order valence-electron chi connectivity index (χ1n) is 13.2. The molecule has 198 valence electrons. The molecule has 2 bridgehead atoms. The molecule has 0 aromatic carbocycles. The lowest BCUT2D eigenvalue weighted by Crippen LogP contribution is -2.32. The van der Waals surface area contributed by atoms with E-state index in [9.17, 15) is 15.0 Å². The maximum Gasteiger partial charge on any atom is 0.330 e. The molecule has 1 saturated heterocycles. The Morgan fingerprint density at radius 3 is 2.89 bits per heavy atom. The van der Waals surface area contributed by atoms with Crippen LogP contribution in [0.25, 0.3) is 0 Å². The molecular weight excluding hydrogens is 460 g/mol. The highest BCUT2D eigenvalue weighted by Gasteiger charge is 2.46. The number of carbonyl (C=O) groups is 1. The first-order chi connectivity index (χ1) is 17.4. The number of aliphatic hydroxyl groups excluding tert-OH is 2. The van der Waals surface area contributed by atoms with Crippen molar-refractivity contribution in [1.82, 2.24) is 0 Å². The Kier molecular flexibility index (Phi) is 9.73. The summed E-state index contributed by atoms with van der Waals surface area (Å²) in [4.78, 5) is 12.6. The van der Waals surface area contributed by atoms with E-state index in [0.29, 0.717) is 25.9 Å². The van der Waals surface area contributed by atoms with Gasteiger partial charge in [-0.3, -0.25) is 0 Å². The van der Waals surface area contributed by atoms with E-state index in [2.05, 4.69) is 19.6 Å². The Bertz CT molecular complexity index is 888. The predicted molar refractivity (Wildman–Crippen MR) is 136 cm³/mol. The summed E-state index contributed by atoms with van der Waals surface area (Å²) in [6, 6.07) is 0. The molecule has 4 aliphatic rings. The summed E-state index contributed by atoms with van der Waals surface area (Å²) in [7, 11) is 0. The molecule has 7 heteroatoms. The number of epoxide rings is 1. The number of ether oxygens (including phenoxy) is 4. The second-order valence-corrected chi connectivity index (χ2v) is 10.4. The minimum absolute atomic E-state index is 0.0744. The van der Waals surface area contributed by atoms with Gasteiger partial charge in [0.25, 0.3) is 0 Å². The van der Waals surface area contributed by atoms with Gasteiger partial charge in [0.15, 0.2) is 0 Å². The van der Waals surface area contributed by atoms with E-state index >= 15 is 0 Å². The average molecular weight is 501 g/mol. The second kappa shape index (κ2) is 13.0. The first kappa shape index (κ1) is 27.0. The van der Waals surface area contributed by atoms with E-state index in [1.807, 2.05) is 18.2 Å². The largest absolute Gasteiger partial charge is 0.456 e. The Morgan fingerprint density at radius 1 is 1.19 bits per heavy atom. The standard InChI is InChI=1S/C29H40O7/c1-19-6-3-7-21-8-4-9-22(34-21)10-5-11-28(32)35-26(18-27-29(36-27)25(31)17-19)24(30)13-12-23-16-20(2)14-15-33-23/h4-5,9,11-14,21-27,29-31H,1,3,6-8,10,15-18H2,2H3/b11-5-,13-12?. The molecule has 1 fully saturated rings. The van der Waals surface area contributed by atoms with E-state index in [0.717, 1.165) is 37.7 Å². The molecule has 7 nitrogen and oxygen atoms in total. The number of carbonyl (C=O) groups excluding carboxylic acids is 1. The maximum atomic E-state index is 12.6. The van der Waals surface area contributed by atoms with Gasteiger partial charge in [0, 0.05) is 12.5 Å². The molecule has 2 N–H and O–H groups in total. The van der Waals surface area contributed by atoms with E-state index < -0.39 is 24.3 Å². The fourth-order valence-corrected chi connectivity index (χ4v) is 5.06. The zero-order chi connectivity index (χ0) is 25.5. The van der Waals surface area contributed by atoms with Crippen LogP contribution in [0.5, 0.6) is 0 Å². The van der Waals surface area contributed by atoms with Crippen molar-refractivity contribution < 1.29 is 34.0 Å². The van der Waals surface area contributed by atoms with Gasteiger partial charge in [-0.15, -0.1) is 0 Å². The number of rotatable bonds is 3. The Hall–Kier alpha value is -2.03. The third kappa shape index (κ3) is 8.25. The van der Waals surface area contributed by atoms with Gasteiger partial charge in [0.05, 0.1) is 37.1 Å². The molecule has 0 aromatic heterocycles. The summed E-state index contributed by atoms with van der Waals surface area (Å²) in [5, 5.41) is 21.5. The van der Waals surface area contributed by atoms with Crippen LogP contribution in [0.1, 0.15) is 58.3 Å². The number of hydrogen-bond donors (Lipinski definition) is 2. The first-order valence-corrected chi connectivity index (χ1v) is 13.2. The van der Waals surface area contributed by atoms with Crippen LogP contribution in [0.2, 0.25) is 0 Å². The topological polar surface area (TPSA) is 97.8 Å². The molecule has 4 aliphatic heterocycles. The van der Waals surface area contributed by atoms with Gasteiger partial charge in [-0.25, -0.2) is 4.79 Å². The molecule has 0 amide bonds. The van der Waals surface area contributed by atoms with Crippen molar-refractivity contribution in [2.24, 2.45) is 0 Å². The highest BCUT2D eigenvalue weighted by molar-refractivity contribution is 5.82. The molecule has 4 rings (SSSR count). The predicted octanol–water partition coefficient (Wildman–Crippen LogP) is 3.86. The SMILES string of the molecule is C=C1CCCC2CC=CC(C/C=C\C(=O)OC(C(O)C=CC3CC(C)=CCO3)CC3OC3C(O)C1)O2. The molecule has 0 aliphatic carbocycles. The molecule has 0 spiro atoms. The summed E-state index contributed by atoms with van der Waals surface area (Å²) in [6.07, 6.45) is 15.3. The highest BCUT2D eigenvalue weighted by atomic mass is 16.6. The minimum atomic E-state index is -1.02. The molecule has 0 radical (unpaired) electrons. The molecule has 4 heterocycles. The summed E-state index contributed by atoms with van der Waals surface area (Å²) in [5.41, 5.74) is 2.23. The zero-order valence-corrected chi connectivity index (χ0v) is 21.2. The average Bonchev–Trinajstić information content (AvgIpc) is 3.61. The third-order valence-corrected chi connectivity index (χ3v) is 7.20. The highest BCUT2D eigenvalue weighted by Crippen LogP contribution is 2.34. The van der Waals surface area contributed by atoms with Gasteiger partial charge in [0.2, 0.25) is 0 Å². The minimum Gasteiger partial charge on any atom is -0.456 e. The van der Waals surface area contributed by atoms with E-state index in [1.165, 1.54) is 11.6 Å². The lowest BCUT2D eigenvalue weighted by atomic mass is 9.97. The molecule has 8 unspecified atom stereocenters. The van der Waals surface area contributed by atoms with Gasteiger partial charge in [-0.1, -0.05) is 54.2 Å². The number of cyclic esters (lactones) is 1. The van der Waals surface area contributed by atoms with Crippen molar-refractivity contribution in [2.75, 3.05) is 6.61 Å². The normalized spacial score (nSPS) is 38.3. The van der Waals surface area contributed by atoms with Crippen LogP contribution in [0.3, 0.4) is 0 Å². The van der Waals surface area contributed by atoms with Gasteiger partial charge in [-0.05, 0) is 51.9 Å². The van der Waals surface area contributed by atoms with Crippen LogP contribution in [-0.2, 0) is 23.7 Å². The van der Waals surface area contributed by atoms with Crippen LogP contribution in [0.4, 0.5) is 0 Å². The molecule has 0 saturated carbocycles. The second-order valence-electron chi connectivity index (χ2n) is 10.4. The summed E-state index contributed by atoms with van der Waals surface area (Å²) >= 11 is 0. The van der Waals surface area contributed by atoms with Crippen molar-refractivity contribution in [2.45, 2.75) is 107 Å². The lowest BCUT2D eigenvalue weighted by molar-refractivity contribution is -0.148. The summed E-state index contributed by atoms with van der Waals surface area (Å²) in [6.45, 7) is 6.74. The third-order valence-electron chi connectivity index (χ3n) is 7.20. The van der Waals surface area contributed by atoms with Crippen molar-refractivity contribution >= 4 is 5.97 Å². The fraction of sp³-hybridized carbons (Fsp3) is 0.621.